The second-order valence-corrected chi connectivity index (χ2v) is 7.72. The van der Waals surface area contributed by atoms with Gasteiger partial charge in [-0.05, 0) is 49.4 Å². The van der Waals surface area contributed by atoms with Crippen molar-refractivity contribution in [3.05, 3.63) is 48.5 Å². The molecule has 1 aliphatic rings. The molecule has 2 aromatic carbocycles. The smallest absolute Gasteiger partial charge is 0.256 e. The maximum Gasteiger partial charge on any atom is 0.256 e. The molecule has 27 heavy (non-hydrogen) atoms. The molecule has 1 aromatic heterocycles. The van der Waals surface area contributed by atoms with Crippen molar-refractivity contribution in [1.29, 1.82) is 0 Å². The monoisotopic (exact) mass is 383 g/mol. The van der Waals surface area contributed by atoms with E-state index in [0.29, 0.717) is 0 Å². The third kappa shape index (κ3) is 4.57. The lowest BCUT2D eigenvalue weighted by Gasteiger charge is -2.36. The van der Waals surface area contributed by atoms with Crippen LogP contribution in [0.15, 0.2) is 58.2 Å². The first-order valence-electron chi connectivity index (χ1n) is 9.41. The minimum atomic E-state index is 0.778. The highest BCUT2D eigenvalue weighted by Crippen LogP contribution is 2.24. The fourth-order valence-electron chi connectivity index (χ4n) is 3.38. The number of anilines is 1. The number of aromatic nitrogens is 1. The zero-order chi connectivity index (χ0) is 18.5. The van der Waals surface area contributed by atoms with Gasteiger partial charge in [0.05, 0.1) is 7.11 Å². The Hall–Kier alpha value is -2.18. The summed E-state index contributed by atoms with van der Waals surface area (Å²) >= 11 is 1.71. The predicted molar refractivity (Wildman–Crippen MR) is 111 cm³/mol. The molecule has 6 heteroatoms. The molecule has 5 nitrogen and oxygen atoms in total. The van der Waals surface area contributed by atoms with Gasteiger partial charge in [0.2, 0.25) is 0 Å². The summed E-state index contributed by atoms with van der Waals surface area (Å²) in [6, 6.07) is 16.3. The third-order valence-corrected chi connectivity index (χ3v) is 5.84. The number of ether oxygens (including phenoxy) is 1. The van der Waals surface area contributed by atoms with Crippen LogP contribution in [0.5, 0.6) is 5.75 Å². The Morgan fingerprint density at radius 1 is 1.04 bits per heavy atom. The molecule has 3 aromatic rings. The lowest BCUT2D eigenvalue weighted by Crippen LogP contribution is -2.46. The van der Waals surface area contributed by atoms with Crippen LogP contribution in [0, 0.1) is 0 Å². The predicted octanol–water partition coefficient (Wildman–Crippen LogP) is 4.14. The molecular weight excluding hydrogens is 358 g/mol. The largest absolute Gasteiger partial charge is 0.497 e. The first-order chi connectivity index (χ1) is 13.3. The van der Waals surface area contributed by atoms with Gasteiger partial charge in [-0.15, -0.1) is 0 Å². The van der Waals surface area contributed by atoms with Gasteiger partial charge < -0.3 is 14.1 Å². The van der Waals surface area contributed by atoms with Gasteiger partial charge in [0.1, 0.15) is 11.3 Å². The summed E-state index contributed by atoms with van der Waals surface area (Å²) < 4.78 is 11.0. The molecule has 0 N–H and O–H groups in total. The van der Waals surface area contributed by atoms with Crippen molar-refractivity contribution in [1.82, 2.24) is 9.88 Å². The highest BCUT2D eigenvalue weighted by molar-refractivity contribution is 7.99. The SMILES string of the molecule is COc1ccc(N2CCN(CCCSc3nc4ccccc4o3)CC2)cc1. The molecular formula is C21H25N3O2S. The second kappa shape index (κ2) is 8.67. The van der Waals surface area contributed by atoms with Gasteiger partial charge in [-0.3, -0.25) is 4.90 Å². The van der Waals surface area contributed by atoms with E-state index in [1.54, 1.807) is 18.9 Å². The first-order valence-corrected chi connectivity index (χ1v) is 10.4. The Kier molecular flexibility index (Phi) is 5.84. The summed E-state index contributed by atoms with van der Waals surface area (Å²) in [5, 5.41) is 0.778. The molecule has 0 unspecified atom stereocenters. The van der Waals surface area contributed by atoms with Gasteiger partial charge in [-0.25, -0.2) is 4.98 Å². The minimum absolute atomic E-state index is 0.778. The van der Waals surface area contributed by atoms with E-state index >= 15 is 0 Å². The fourth-order valence-corrected chi connectivity index (χ4v) is 4.14. The molecule has 142 valence electrons. The zero-order valence-electron chi connectivity index (χ0n) is 15.6. The molecule has 0 atom stereocenters. The molecule has 2 heterocycles. The Morgan fingerprint density at radius 2 is 1.81 bits per heavy atom. The fraction of sp³-hybridized carbons (Fsp3) is 0.381. The highest BCUT2D eigenvalue weighted by atomic mass is 32.2. The molecule has 0 aliphatic carbocycles. The van der Waals surface area contributed by atoms with Crippen LogP contribution in [0.1, 0.15) is 6.42 Å². The van der Waals surface area contributed by atoms with Gasteiger partial charge in [-0.1, -0.05) is 23.9 Å². The van der Waals surface area contributed by atoms with E-state index in [2.05, 4.69) is 26.9 Å². The zero-order valence-corrected chi connectivity index (χ0v) is 16.5. The lowest BCUT2D eigenvalue weighted by molar-refractivity contribution is 0.259. The minimum Gasteiger partial charge on any atom is -0.497 e. The number of hydrogen-bond donors (Lipinski definition) is 0. The number of rotatable bonds is 7. The average Bonchev–Trinajstić information content (AvgIpc) is 3.15. The van der Waals surface area contributed by atoms with Crippen LogP contribution in [0.4, 0.5) is 5.69 Å². The number of oxazole rings is 1. The van der Waals surface area contributed by atoms with Crippen molar-refractivity contribution < 1.29 is 9.15 Å². The van der Waals surface area contributed by atoms with E-state index in [-0.39, 0.29) is 0 Å². The van der Waals surface area contributed by atoms with E-state index < -0.39 is 0 Å². The van der Waals surface area contributed by atoms with Crippen molar-refractivity contribution in [3.63, 3.8) is 0 Å². The van der Waals surface area contributed by atoms with Crippen molar-refractivity contribution in [2.45, 2.75) is 11.6 Å². The van der Waals surface area contributed by atoms with Crippen molar-refractivity contribution in [2.75, 3.05) is 50.5 Å². The number of para-hydroxylation sites is 2. The van der Waals surface area contributed by atoms with Crippen LogP contribution in [-0.4, -0.2) is 55.5 Å². The summed E-state index contributed by atoms with van der Waals surface area (Å²) in [4.78, 5) is 9.52. The number of nitrogens with zero attached hydrogens (tertiary/aromatic N) is 3. The maximum absolute atomic E-state index is 5.76. The lowest BCUT2D eigenvalue weighted by atomic mass is 10.2. The Balaban J connectivity index is 1.18. The first kappa shape index (κ1) is 18.2. The Labute approximate surface area is 164 Å². The molecule has 0 saturated carbocycles. The van der Waals surface area contributed by atoms with E-state index in [9.17, 15) is 0 Å². The number of methoxy groups -OCH3 is 1. The molecule has 1 fully saturated rings. The molecule has 1 aliphatic heterocycles. The second-order valence-electron chi connectivity index (χ2n) is 6.68. The normalized spacial score (nSPS) is 15.4. The van der Waals surface area contributed by atoms with Crippen LogP contribution in [0.2, 0.25) is 0 Å². The van der Waals surface area contributed by atoms with Crippen LogP contribution < -0.4 is 9.64 Å². The summed E-state index contributed by atoms with van der Waals surface area (Å²) in [6.45, 7) is 5.50. The summed E-state index contributed by atoms with van der Waals surface area (Å²) in [6.07, 6.45) is 1.14. The molecule has 0 spiro atoms. The number of benzene rings is 2. The van der Waals surface area contributed by atoms with Gasteiger partial charge in [-0.2, -0.15) is 0 Å². The number of piperazine rings is 1. The third-order valence-electron chi connectivity index (χ3n) is 4.93. The van der Waals surface area contributed by atoms with Crippen molar-refractivity contribution >= 4 is 28.5 Å². The van der Waals surface area contributed by atoms with Gasteiger partial charge in [0, 0.05) is 37.6 Å². The highest BCUT2D eigenvalue weighted by Gasteiger charge is 2.17. The number of hydrogen-bond acceptors (Lipinski definition) is 6. The number of thioether (sulfide) groups is 1. The van der Waals surface area contributed by atoms with E-state index in [1.807, 2.05) is 36.4 Å². The van der Waals surface area contributed by atoms with Gasteiger partial charge in [0.25, 0.3) is 5.22 Å². The summed E-state index contributed by atoms with van der Waals surface area (Å²) in [7, 11) is 1.70. The molecule has 0 bridgehead atoms. The standard InChI is InChI=1S/C21H25N3O2S/c1-25-18-9-7-17(8-10-18)24-14-12-23(13-15-24)11-4-16-27-21-22-19-5-2-3-6-20(19)26-21/h2-3,5-10H,4,11-16H2,1H3. The van der Waals surface area contributed by atoms with Crippen LogP contribution in [0.25, 0.3) is 11.1 Å². The van der Waals surface area contributed by atoms with E-state index in [0.717, 1.165) is 67.0 Å². The Morgan fingerprint density at radius 3 is 2.56 bits per heavy atom. The number of fused-ring (bicyclic) bond motifs is 1. The molecule has 0 amide bonds. The molecule has 1 saturated heterocycles. The summed E-state index contributed by atoms with van der Waals surface area (Å²) in [5.41, 5.74) is 3.09. The van der Waals surface area contributed by atoms with E-state index in [1.165, 1.54) is 5.69 Å². The van der Waals surface area contributed by atoms with Gasteiger partial charge >= 0.3 is 0 Å². The average molecular weight is 384 g/mol. The van der Waals surface area contributed by atoms with Crippen LogP contribution in [0.3, 0.4) is 0 Å². The Bertz CT molecular complexity index is 824. The van der Waals surface area contributed by atoms with Crippen molar-refractivity contribution in [2.24, 2.45) is 0 Å². The molecule has 0 radical (unpaired) electrons. The van der Waals surface area contributed by atoms with Crippen LogP contribution >= 0.6 is 11.8 Å². The topological polar surface area (TPSA) is 41.7 Å². The van der Waals surface area contributed by atoms with Crippen LogP contribution in [-0.2, 0) is 0 Å². The van der Waals surface area contributed by atoms with E-state index in [4.69, 9.17) is 9.15 Å². The maximum atomic E-state index is 5.76. The molecule has 4 rings (SSSR count). The van der Waals surface area contributed by atoms with Gasteiger partial charge in [0.15, 0.2) is 5.58 Å². The quantitative estimate of drug-likeness (QED) is 0.451. The summed E-state index contributed by atoms with van der Waals surface area (Å²) in [5.74, 6) is 1.94. The van der Waals surface area contributed by atoms with Crippen molar-refractivity contribution in [3.8, 4) is 5.75 Å².